The summed E-state index contributed by atoms with van der Waals surface area (Å²) in [6.45, 7) is 0. The van der Waals surface area contributed by atoms with Crippen LogP contribution in [-0.4, -0.2) is 9.97 Å². The molecule has 1 aliphatic carbocycles. The topological polar surface area (TPSA) is 50.7 Å². The van der Waals surface area contributed by atoms with E-state index in [-0.39, 0.29) is 0 Å². The van der Waals surface area contributed by atoms with Crippen molar-refractivity contribution in [2.24, 2.45) is 0 Å². The molecule has 0 radical (unpaired) electrons. The first-order valence-corrected chi connectivity index (χ1v) is 18.7. The van der Waals surface area contributed by atoms with Gasteiger partial charge in [0, 0.05) is 40.3 Å². The molecule has 8 aromatic carbocycles. The highest BCUT2D eigenvalue weighted by molar-refractivity contribution is 6.20. The molecule has 12 rings (SSSR count). The van der Waals surface area contributed by atoms with Gasteiger partial charge >= 0.3 is 0 Å². The zero-order chi connectivity index (χ0) is 36.7. The lowest BCUT2D eigenvalue weighted by molar-refractivity contribution is 0.477. The summed E-state index contributed by atoms with van der Waals surface area (Å²) in [7, 11) is 0. The third kappa shape index (κ3) is 4.50. The molecule has 9 aromatic rings. The van der Waals surface area contributed by atoms with Gasteiger partial charge in [-0.15, -0.1) is 0 Å². The maximum absolute atomic E-state index is 6.27. The second-order valence-corrected chi connectivity index (χ2v) is 14.2. The smallest absolute Gasteiger partial charge is 0.151 e. The van der Waals surface area contributed by atoms with Crippen molar-refractivity contribution in [3.05, 3.63) is 182 Å². The highest BCUT2D eigenvalue weighted by Crippen LogP contribution is 2.55. The maximum atomic E-state index is 6.27. The molecule has 56 heavy (non-hydrogen) atoms. The Kier molecular flexibility index (Phi) is 6.53. The summed E-state index contributed by atoms with van der Waals surface area (Å²) >= 11 is 0. The van der Waals surface area contributed by atoms with Gasteiger partial charge in [-0.2, -0.15) is 0 Å². The molecule has 0 saturated carbocycles. The zero-order valence-electron chi connectivity index (χ0n) is 29.9. The van der Waals surface area contributed by atoms with Crippen LogP contribution in [0.15, 0.2) is 182 Å². The Morgan fingerprint density at radius 3 is 1.09 bits per heavy atom. The van der Waals surface area contributed by atoms with Crippen LogP contribution in [0.2, 0.25) is 0 Å². The zero-order valence-corrected chi connectivity index (χ0v) is 29.9. The quantitative estimate of drug-likeness (QED) is 0.181. The van der Waals surface area contributed by atoms with E-state index >= 15 is 0 Å². The van der Waals surface area contributed by atoms with Gasteiger partial charge < -0.3 is 19.3 Å². The normalized spacial score (nSPS) is 12.9. The minimum atomic E-state index is 0.836. The second-order valence-electron chi connectivity index (χ2n) is 14.2. The molecule has 6 nitrogen and oxygen atoms in total. The van der Waals surface area contributed by atoms with Gasteiger partial charge in [0.05, 0.1) is 34.1 Å². The Balaban J connectivity index is 0.966. The predicted molar refractivity (Wildman–Crippen MR) is 224 cm³/mol. The van der Waals surface area contributed by atoms with Crippen LogP contribution in [0, 0.1) is 0 Å². The van der Waals surface area contributed by atoms with Crippen molar-refractivity contribution >= 4 is 44.9 Å². The molecular formula is C50H30N4O2. The number of para-hydroxylation sites is 8. The molecule has 0 amide bonds. The van der Waals surface area contributed by atoms with Crippen molar-refractivity contribution in [2.75, 3.05) is 9.80 Å². The molecule has 1 aromatic heterocycles. The third-order valence-electron chi connectivity index (χ3n) is 11.1. The average Bonchev–Trinajstić information content (AvgIpc) is 3.61. The van der Waals surface area contributed by atoms with Crippen molar-refractivity contribution in [3.63, 3.8) is 0 Å². The molecule has 0 atom stereocenters. The minimum Gasteiger partial charge on any atom is -0.453 e. The summed E-state index contributed by atoms with van der Waals surface area (Å²) in [5.41, 5.74) is 14.7. The molecule has 0 spiro atoms. The lowest BCUT2D eigenvalue weighted by Crippen LogP contribution is -2.15. The number of benzene rings is 8. The van der Waals surface area contributed by atoms with Crippen LogP contribution < -0.4 is 19.3 Å². The number of hydrogen-bond donors (Lipinski definition) is 0. The van der Waals surface area contributed by atoms with E-state index in [0.717, 1.165) is 102 Å². The molecule has 6 heteroatoms. The van der Waals surface area contributed by atoms with E-state index in [1.54, 1.807) is 12.4 Å². The van der Waals surface area contributed by atoms with E-state index in [1.165, 1.54) is 10.8 Å². The Morgan fingerprint density at radius 1 is 0.357 bits per heavy atom. The van der Waals surface area contributed by atoms with Gasteiger partial charge in [0.15, 0.2) is 23.0 Å². The van der Waals surface area contributed by atoms with Crippen LogP contribution in [-0.2, 0) is 0 Å². The lowest BCUT2D eigenvalue weighted by atomic mass is 9.91. The van der Waals surface area contributed by atoms with Crippen LogP contribution in [0.25, 0.3) is 55.5 Å². The Bertz CT molecular complexity index is 2760. The summed E-state index contributed by atoms with van der Waals surface area (Å²) in [6.07, 6.45) is 3.60. The van der Waals surface area contributed by atoms with E-state index in [0.29, 0.717) is 0 Å². The molecule has 0 unspecified atom stereocenters. The monoisotopic (exact) mass is 718 g/mol. The SMILES string of the molecule is c1ccc2c(c1)Oc1ccccc1N2c1ccc(-c2ccc3ccc(-c4ccc(N5c6ccccc6Oc6ccccc65)cc4)c4c3c2-c2nccnc2-4)cc1. The molecule has 3 aliphatic rings. The summed E-state index contributed by atoms with van der Waals surface area (Å²) < 4.78 is 12.5. The second kappa shape index (κ2) is 11.9. The molecule has 0 bridgehead atoms. The first-order chi connectivity index (χ1) is 27.8. The van der Waals surface area contributed by atoms with E-state index in [4.69, 9.17) is 19.4 Å². The molecule has 0 fully saturated rings. The maximum Gasteiger partial charge on any atom is 0.151 e. The lowest BCUT2D eigenvalue weighted by Gasteiger charge is -2.32. The molecule has 0 N–H and O–H groups in total. The summed E-state index contributed by atoms with van der Waals surface area (Å²) in [5, 5.41) is 2.35. The van der Waals surface area contributed by atoms with Gasteiger partial charge in [-0.05, 0) is 100 Å². The summed E-state index contributed by atoms with van der Waals surface area (Å²) in [6, 6.07) is 59.3. The van der Waals surface area contributed by atoms with Crippen LogP contribution in [0.5, 0.6) is 23.0 Å². The van der Waals surface area contributed by atoms with E-state index in [1.807, 2.05) is 48.5 Å². The third-order valence-corrected chi connectivity index (χ3v) is 11.1. The van der Waals surface area contributed by atoms with Gasteiger partial charge in [0.2, 0.25) is 0 Å². The van der Waals surface area contributed by atoms with Gasteiger partial charge in [-0.25, -0.2) is 0 Å². The van der Waals surface area contributed by atoms with E-state index in [2.05, 4.69) is 131 Å². The fourth-order valence-corrected chi connectivity index (χ4v) is 8.64. The summed E-state index contributed by atoms with van der Waals surface area (Å²) in [4.78, 5) is 14.5. The molecule has 262 valence electrons. The van der Waals surface area contributed by atoms with E-state index < -0.39 is 0 Å². The highest BCUT2D eigenvalue weighted by atomic mass is 16.5. The first kappa shape index (κ1) is 30.7. The molecule has 0 saturated heterocycles. The number of rotatable bonds is 4. The van der Waals surface area contributed by atoms with Gasteiger partial charge in [-0.1, -0.05) is 97.1 Å². The number of anilines is 6. The molecule has 2 aliphatic heterocycles. The van der Waals surface area contributed by atoms with Gasteiger partial charge in [0.1, 0.15) is 0 Å². The van der Waals surface area contributed by atoms with Crippen molar-refractivity contribution < 1.29 is 9.47 Å². The molecular weight excluding hydrogens is 689 g/mol. The van der Waals surface area contributed by atoms with Crippen LogP contribution in [0.4, 0.5) is 34.1 Å². The Hall–Kier alpha value is -7.70. The van der Waals surface area contributed by atoms with Gasteiger partial charge in [-0.3, -0.25) is 9.97 Å². The van der Waals surface area contributed by atoms with Crippen molar-refractivity contribution in [3.8, 4) is 67.8 Å². The highest BCUT2D eigenvalue weighted by Gasteiger charge is 2.31. The first-order valence-electron chi connectivity index (χ1n) is 18.7. The number of ether oxygens (including phenoxy) is 2. The van der Waals surface area contributed by atoms with Gasteiger partial charge in [0.25, 0.3) is 0 Å². The predicted octanol–water partition coefficient (Wildman–Crippen LogP) is 13.8. The van der Waals surface area contributed by atoms with Crippen molar-refractivity contribution in [1.82, 2.24) is 9.97 Å². The van der Waals surface area contributed by atoms with Crippen LogP contribution in [0.3, 0.4) is 0 Å². The Morgan fingerprint density at radius 2 is 0.714 bits per heavy atom. The average molecular weight is 719 g/mol. The standard InChI is InChI=1S/C50H30N4O2/c1-5-13-42-38(9-1)53(39-10-2-6-14-43(39)55-42)34-23-17-31(18-24-34)36-27-21-33-22-28-37(48-46(33)47(36)49-50(48)52-30-29-51-49)32-19-25-35(26-20-32)54-40-11-3-7-15-44(40)56-45-16-8-4-12-41(45)54/h1-30H. The molecule has 3 heterocycles. The largest absolute Gasteiger partial charge is 0.453 e. The van der Waals surface area contributed by atoms with Crippen LogP contribution in [0.1, 0.15) is 0 Å². The number of hydrogen-bond acceptors (Lipinski definition) is 6. The fourth-order valence-electron chi connectivity index (χ4n) is 8.64. The Labute approximate surface area is 323 Å². The number of nitrogens with zero attached hydrogens (tertiary/aromatic N) is 4. The van der Waals surface area contributed by atoms with Crippen molar-refractivity contribution in [1.29, 1.82) is 0 Å². The number of aromatic nitrogens is 2. The number of fused-ring (bicyclic) bond motifs is 7. The fraction of sp³-hybridized carbons (Fsp3) is 0. The summed E-state index contributed by atoms with van der Waals surface area (Å²) in [5.74, 6) is 3.34. The minimum absolute atomic E-state index is 0.836. The van der Waals surface area contributed by atoms with E-state index in [9.17, 15) is 0 Å². The van der Waals surface area contributed by atoms with Crippen LogP contribution >= 0.6 is 0 Å². The van der Waals surface area contributed by atoms with Crippen molar-refractivity contribution in [2.45, 2.75) is 0 Å².